The van der Waals surface area contributed by atoms with Crippen molar-refractivity contribution in [3.8, 4) is 0 Å². The molecule has 1 fully saturated rings. The lowest BCUT2D eigenvalue weighted by molar-refractivity contribution is -0.133. The summed E-state index contributed by atoms with van der Waals surface area (Å²) in [7, 11) is 1.78. The average molecular weight is 298 g/mol. The van der Waals surface area contributed by atoms with Crippen LogP contribution in [-0.2, 0) is 4.79 Å². The molecule has 1 saturated heterocycles. The van der Waals surface area contributed by atoms with Crippen molar-refractivity contribution in [1.29, 1.82) is 0 Å². The van der Waals surface area contributed by atoms with E-state index in [1.165, 1.54) is 11.3 Å². The van der Waals surface area contributed by atoms with Gasteiger partial charge in [0, 0.05) is 24.2 Å². The molecule has 0 aromatic carbocycles. The first kappa shape index (κ1) is 14.4. The van der Waals surface area contributed by atoms with Crippen molar-refractivity contribution < 1.29 is 9.59 Å². The second-order valence-electron chi connectivity index (χ2n) is 4.55. The van der Waals surface area contributed by atoms with Crippen molar-refractivity contribution in [3.63, 3.8) is 0 Å². The maximum atomic E-state index is 12.4. The van der Waals surface area contributed by atoms with Crippen LogP contribution >= 0.6 is 23.1 Å². The standard InChI is InChI=1S/C13H18N2O2S2/c1-4-14(3)12(16)10-7-18-8-15(10)13(17)11-6-5-9(2)19-11/h5-6,10H,4,7-8H2,1-3H3. The molecule has 1 aromatic rings. The van der Waals surface area contributed by atoms with Gasteiger partial charge in [0.15, 0.2) is 0 Å². The summed E-state index contributed by atoms with van der Waals surface area (Å²) in [6, 6.07) is 3.47. The average Bonchev–Trinajstić information content (AvgIpc) is 3.04. The highest BCUT2D eigenvalue weighted by Gasteiger charge is 2.36. The van der Waals surface area contributed by atoms with Gasteiger partial charge in [-0.3, -0.25) is 9.59 Å². The molecule has 19 heavy (non-hydrogen) atoms. The number of amides is 2. The first-order chi connectivity index (χ1) is 9.04. The van der Waals surface area contributed by atoms with Crippen LogP contribution in [0.25, 0.3) is 0 Å². The van der Waals surface area contributed by atoms with Crippen molar-refractivity contribution >= 4 is 34.9 Å². The number of carbonyl (C=O) groups excluding carboxylic acids is 2. The molecular formula is C13H18N2O2S2. The minimum atomic E-state index is -0.315. The number of carbonyl (C=O) groups is 2. The summed E-state index contributed by atoms with van der Waals surface area (Å²) in [4.78, 5) is 29.9. The van der Waals surface area contributed by atoms with Gasteiger partial charge in [-0.15, -0.1) is 23.1 Å². The fraction of sp³-hybridized carbons (Fsp3) is 0.538. The van der Waals surface area contributed by atoms with Gasteiger partial charge in [0.2, 0.25) is 5.91 Å². The van der Waals surface area contributed by atoms with E-state index in [0.717, 1.165) is 9.75 Å². The first-order valence-corrected chi connectivity index (χ1v) is 8.21. The topological polar surface area (TPSA) is 40.6 Å². The van der Waals surface area contributed by atoms with Crippen LogP contribution in [0.4, 0.5) is 0 Å². The van der Waals surface area contributed by atoms with Gasteiger partial charge < -0.3 is 9.80 Å². The highest BCUT2D eigenvalue weighted by atomic mass is 32.2. The fourth-order valence-electron chi connectivity index (χ4n) is 1.95. The van der Waals surface area contributed by atoms with Gasteiger partial charge in [-0.25, -0.2) is 0 Å². The lowest BCUT2D eigenvalue weighted by Gasteiger charge is -2.26. The summed E-state index contributed by atoms with van der Waals surface area (Å²) in [5, 5.41) is 0. The van der Waals surface area contributed by atoms with Crippen LogP contribution < -0.4 is 0 Å². The van der Waals surface area contributed by atoms with E-state index in [0.29, 0.717) is 18.2 Å². The first-order valence-electron chi connectivity index (χ1n) is 6.24. The Balaban J connectivity index is 2.15. The van der Waals surface area contributed by atoms with Crippen LogP contribution in [0.1, 0.15) is 21.5 Å². The van der Waals surface area contributed by atoms with E-state index in [-0.39, 0.29) is 17.9 Å². The van der Waals surface area contributed by atoms with E-state index >= 15 is 0 Å². The van der Waals surface area contributed by atoms with Gasteiger partial charge in [0.05, 0.1) is 10.8 Å². The number of likely N-dealkylation sites (N-methyl/N-ethyl adjacent to an activating group) is 1. The smallest absolute Gasteiger partial charge is 0.265 e. The minimum absolute atomic E-state index is 0.0223. The quantitative estimate of drug-likeness (QED) is 0.857. The van der Waals surface area contributed by atoms with E-state index in [1.807, 2.05) is 26.0 Å². The molecule has 4 nitrogen and oxygen atoms in total. The zero-order chi connectivity index (χ0) is 14.0. The number of thioether (sulfide) groups is 1. The highest BCUT2D eigenvalue weighted by Crippen LogP contribution is 2.26. The Morgan fingerprint density at radius 3 is 2.79 bits per heavy atom. The second-order valence-corrected chi connectivity index (χ2v) is 6.84. The molecular weight excluding hydrogens is 280 g/mol. The van der Waals surface area contributed by atoms with Crippen molar-refractivity contribution in [3.05, 3.63) is 21.9 Å². The predicted molar refractivity (Wildman–Crippen MR) is 79.6 cm³/mol. The molecule has 2 amide bonds. The third-order valence-corrected chi connectivity index (χ3v) is 5.23. The summed E-state index contributed by atoms with van der Waals surface area (Å²) < 4.78 is 0. The molecule has 1 aromatic heterocycles. The van der Waals surface area contributed by atoms with Gasteiger partial charge >= 0.3 is 0 Å². The normalized spacial score (nSPS) is 18.7. The third kappa shape index (κ3) is 2.95. The van der Waals surface area contributed by atoms with Crippen molar-refractivity contribution in [2.24, 2.45) is 0 Å². The zero-order valence-corrected chi connectivity index (χ0v) is 13.0. The van der Waals surface area contributed by atoms with Gasteiger partial charge in [-0.2, -0.15) is 0 Å². The molecule has 0 saturated carbocycles. The third-order valence-electron chi connectivity index (χ3n) is 3.23. The van der Waals surface area contributed by atoms with Gasteiger partial charge in [-0.05, 0) is 26.0 Å². The molecule has 2 rings (SSSR count). The monoisotopic (exact) mass is 298 g/mol. The van der Waals surface area contributed by atoms with E-state index in [4.69, 9.17) is 0 Å². The summed E-state index contributed by atoms with van der Waals surface area (Å²) >= 11 is 3.12. The van der Waals surface area contributed by atoms with Gasteiger partial charge in [-0.1, -0.05) is 0 Å². The fourth-order valence-corrected chi connectivity index (χ4v) is 3.92. The maximum absolute atomic E-state index is 12.4. The van der Waals surface area contributed by atoms with Crippen molar-refractivity contribution in [1.82, 2.24) is 9.80 Å². The lowest BCUT2D eigenvalue weighted by atomic mass is 10.2. The molecule has 0 N–H and O–H groups in total. The Hall–Kier alpha value is -1.01. The van der Waals surface area contributed by atoms with E-state index in [1.54, 1.807) is 28.6 Å². The number of hydrogen-bond donors (Lipinski definition) is 0. The van der Waals surface area contributed by atoms with Gasteiger partial charge in [0.1, 0.15) is 6.04 Å². The molecule has 104 valence electrons. The van der Waals surface area contributed by atoms with Crippen LogP contribution in [-0.4, -0.2) is 52.9 Å². The molecule has 0 spiro atoms. The number of hydrogen-bond acceptors (Lipinski definition) is 4. The number of aryl methyl sites for hydroxylation is 1. The Morgan fingerprint density at radius 2 is 2.21 bits per heavy atom. The summed E-state index contributed by atoms with van der Waals surface area (Å²) in [5.41, 5.74) is 0. The van der Waals surface area contributed by atoms with Gasteiger partial charge in [0.25, 0.3) is 5.91 Å². The van der Waals surface area contributed by atoms with Crippen molar-refractivity contribution in [2.45, 2.75) is 19.9 Å². The Labute approximate surface area is 121 Å². The number of thiophene rings is 1. The van der Waals surface area contributed by atoms with E-state index < -0.39 is 0 Å². The zero-order valence-electron chi connectivity index (χ0n) is 11.4. The molecule has 0 radical (unpaired) electrons. The molecule has 1 aliphatic rings. The molecule has 1 unspecified atom stereocenters. The van der Waals surface area contributed by atoms with Crippen molar-refractivity contribution in [2.75, 3.05) is 25.2 Å². The molecule has 1 atom stereocenters. The van der Waals surface area contributed by atoms with Crippen LogP contribution in [0.15, 0.2) is 12.1 Å². The summed E-state index contributed by atoms with van der Waals surface area (Å²) in [6.45, 7) is 4.59. The largest absolute Gasteiger partial charge is 0.344 e. The van der Waals surface area contributed by atoms with E-state index in [2.05, 4.69) is 0 Å². The lowest BCUT2D eigenvalue weighted by Crippen LogP contribution is -2.47. The summed E-state index contributed by atoms with van der Waals surface area (Å²) in [5.74, 6) is 1.31. The maximum Gasteiger partial charge on any atom is 0.265 e. The highest BCUT2D eigenvalue weighted by molar-refractivity contribution is 7.99. The molecule has 2 heterocycles. The molecule has 1 aliphatic heterocycles. The Kier molecular flexibility index (Phi) is 4.52. The van der Waals surface area contributed by atoms with Crippen LogP contribution in [0.2, 0.25) is 0 Å². The molecule has 0 bridgehead atoms. The Morgan fingerprint density at radius 1 is 1.47 bits per heavy atom. The number of nitrogens with zero attached hydrogens (tertiary/aromatic N) is 2. The second kappa shape index (κ2) is 5.96. The van der Waals surface area contributed by atoms with Crippen LogP contribution in [0.3, 0.4) is 0 Å². The molecule has 6 heteroatoms. The van der Waals surface area contributed by atoms with Crippen LogP contribution in [0, 0.1) is 6.92 Å². The summed E-state index contributed by atoms with van der Waals surface area (Å²) in [6.07, 6.45) is 0. The SMILES string of the molecule is CCN(C)C(=O)C1CSCN1C(=O)c1ccc(C)s1. The minimum Gasteiger partial charge on any atom is -0.344 e. The predicted octanol–water partition coefficient (Wildman–Crippen LogP) is 2.05. The number of rotatable bonds is 3. The Bertz CT molecular complexity index is 487. The van der Waals surface area contributed by atoms with Crippen LogP contribution in [0.5, 0.6) is 0 Å². The molecule has 0 aliphatic carbocycles. The van der Waals surface area contributed by atoms with E-state index in [9.17, 15) is 9.59 Å².